The Hall–Kier alpha value is -4.34. The molecule has 254 valence electrons. The first-order chi connectivity index (χ1) is 22.2. The Bertz CT molecular complexity index is 1470. The highest BCUT2D eigenvalue weighted by Crippen LogP contribution is 2.33. The Morgan fingerprint density at radius 2 is 1.64 bits per heavy atom. The second kappa shape index (κ2) is 15.0. The molecule has 0 bridgehead atoms. The summed E-state index contributed by atoms with van der Waals surface area (Å²) in [7, 11) is 0. The fourth-order valence-electron chi connectivity index (χ4n) is 5.86. The molecular formula is C32H40F3N7O5. The Morgan fingerprint density at radius 1 is 0.979 bits per heavy atom. The molecule has 4 amide bonds. The SMILES string of the molecule is NCCCCC(NC(=O)C1CCN2CCC(N)(Cc3ccc(C(F)(F)F)cc3)C(=O)N12)C(=O)C(=O)NCCc1ccc(C(N)=O)cc1. The van der Waals surface area contributed by atoms with Crippen molar-refractivity contribution in [2.24, 2.45) is 17.2 Å². The lowest BCUT2D eigenvalue weighted by Gasteiger charge is -2.44. The van der Waals surface area contributed by atoms with Crippen molar-refractivity contribution in [3.63, 3.8) is 0 Å². The molecule has 0 aromatic heterocycles. The minimum Gasteiger partial charge on any atom is -0.366 e. The molecule has 0 aliphatic carbocycles. The molecule has 47 heavy (non-hydrogen) atoms. The number of nitrogens with two attached hydrogens (primary N) is 3. The van der Waals surface area contributed by atoms with Gasteiger partial charge in [-0.05, 0) is 86.9 Å². The summed E-state index contributed by atoms with van der Waals surface area (Å²) in [5.74, 6) is -3.44. The van der Waals surface area contributed by atoms with Crippen molar-refractivity contribution in [1.82, 2.24) is 20.7 Å². The van der Waals surface area contributed by atoms with Crippen LogP contribution in [-0.2, 0) is 38.2 Å². The third kappa shape index (κ3) is 8.73. The fourth-order valence-corrected chi connectivity index (χ4v) is 5.86. The van der Waals surface area contributed by atoms with Gasteiger partial charge in [-0.25, -0.2) is 5.01 Å². The van der Waals surface area contributed by atoms with Crippen LogP contribution in [0.15, 0.2) is 48.5 Å². The number of halogens is 3. The maximum atomic E-state index is 13.7. The topological polar surface area (TPSA) is 194 Å². The second-order valence-electron chi connectivity index (χ2n) is 12.0. The van der Waals surface area contributed by atoms with Crippen LogP contribution in [0, 0.1) is 0 Å². The summed E-state index contributed by atoms with van der Waals surface area (Å²) in [6.07, 6.45) is -2.48. The van der Waals surface area contributed by atoms with Gasteiger partial charge < -0.3 is 27.8 Å². The van der Waals surface area contributed by atoms with E-state index in [0.29, 0.717) is 50.0 Å². The lowest BCUT2D eigenvalue weighted by Crippen LogP contribution is -2.67. The number of hydrogen-bond acceptors (Lipinski definition) is 8. The van der Waals surface area contributed by atoms with Crippen LogP contribution >= 0.6 is 0 Å². The molecule has 2 aromatic carbocycles. The lowest BCUT2D eigenvalue weighted by atomic mass is 9.85. The van der Waals surface area contributed by atoms with E-state index in [2.05, 4.69) is 10.6 Å². The van der Waals surface area contributed by atoms with Crippen LogP contribution in [0.4, 0.5) is 13.2 Å². The number of fused-ring (bicyclic) bond motifs is 1. The van der Waals surface area contributed by atoms with Crippen molar-refractivity contribution in [2.75, 3.05) is 26.2 Å². The maximum absolute atomic E-state index is 13.7. The van der Waals surface area contributed by atoms with E-state index in [0.717, 1.165) is 17.7 Å². The van der Waals surface area contributed by atoms with E-state index in [1.54, 1.807) is 29.3 Å². The predicted molar refractivity (Wildman–Crippen MR) is 165 cm³/mol. The number of nitrogens with one attached hydrogen (secondary N) is 2. The summed E-state index contributed by atoms with van der Waals surface area (Å²) >= 11 is 0. The minimum absolute atomic E-state index is 0.0295. The molecule has 2 heterocycles. The Labute approximate surface area is 270 Å². The standard InChI is InChI=1S/C32H40F3N7O5/c33-32(34,35)23-10-6-21(7-11-23)19-31(38)14-18-41-17-13-25(42(41)30(31)47)28(45)40-24(3-1-2-15-36)26(43)29(46)39-16-12-20-4-8-22(9-5-20)27(37)44/h4-11,24-25H,1-3,12-19,36,38H2,(H2,37,44)(H,39,46)(H,40,45). The maximum Gasteiger partial charge on any atom is 0.416 e. The number of primary amides is 1. The number of ketones is 1. The molecule has 2 aromatic rings. The van der Waals surface area contributed by atoms with Crippen molar-refractivity contribution in [1.29, 1.82) is 0 Å². The third-order valence-electron chi connectivity index (χ3n) is 8.56. The molecule has 4 rings (SSSR count). The first-order valence-electron chi connectivity index (χ1n) is 15.5. The predicted octanol–water partition coefficient (Wildman–Crippen LogP) is 0.808. The van der Waals surface area contributed by atoms with Gasteiger partial charge in [0.1, 0.15) is 11.6 Å². The smallest absolute Gasteiger partial charge is 0.366 e. The van der Waals surface area contributed by atoms with Crippen LogP contribution < -0.4 is 27.8 Å². The van der Waals surface area contributed by atoms with E-state index in [9.17, 15) is 37.1 Å². The molecular weight excluding hydrogens is 619 g/mol. The van der Waals surface area contributed by atoms with Crippen molar-refractivity contribution < 1.29 is 37.1 Å². The molecule has 3 atom stereocenters. The highest BCUT2D eigenvalue weighted by molar-refractivity contribution is 6.38. The number of benzene rings is 2. The van der Waals surface area contributed by atoms with Gasteiger partial charge >= 0.3 is 6.18 Å². The summed E-state index contributed by atoms with van der Waals surface area (Å²) in [6.45, 7) is 1.21. The van der Waals surface area contributed by atoms with Gasteiger partial charge in [0, 0.05) is 25.2 Å². The van der Waals surface area contributed by atoms with E-state index >= 15 is 0 Å². The first-order valence-corrected chi connectivity index (χ1v) is 15.5. The number of carbonyl (C=O) groups is 5. The van der Waals surface area contributed by atoms with Gasteiger partial charge in [-0.15, -0.1) is 0 Å². The van der Waals surface area contributed by atoms with E-state index in [1.165, 1.54) is 17.1 Å². The molecule has 2 aliphatic heterocycles. The number of unbranched alkanes of at least 4 members (excludes halogenated alkanes) is 1. The van der Waals surface area contributed by atoms with Gasteiger partial charge in [0.25, 0.3) is 11.8 Å². The number of rotatable bonds is 14. The number of hydrogen-bond donors (Lipinski definition) is 5. The van der Waals surface area contributed by atoms with E-state index in [-0.39, 0.29) is 32.2 Å². The number of amides is 4. The first kappa shape index (κ1) is 35.5. The lowest BCUT2D eigenvalue weighted by molar-refractivity contribution is -0.165. The number of nitrogens with zero attached hydrogens (tertiary/aromatic N) is 2. The summed E-state index contributed by atoms with van der Waals surface area (Å²) in [6, 6.07) is 8.80. The van der Waals surface area contributed by atoms with E-state index in [4.69, 9.17) is 17.2 Å². The van der Waals surface area contributed by atoms with Gasteiger partial charge in [-0.1, -0.05) is 24.3 Å². The molecule has 0 saturated carbocycles. The van der Waals surface area contributed by atoms with Crippen LogP contribution in [-0.4, -0.2) is 83.2 Å². The van der Waals surface area contributed by atoms with Gasteiger partial charge in [0.2, 0.25) is 17.6 Å². The number of Topliss-reactive ketones (excluding diaryl/α,β-unsaturated/α-hetero) is 1. The summed E-state index contributed by atoms with van der Waals surface area (Å²) in [4.78, 5) is 64.6. The Balaban J connectivity index is 1.39. The number of carbonyl (C=O) groups excluding carboxylic acids is 5. The largest absolute Gasteiger partial charge is 0.416 e. The molecule has 8 N–H and O–H groups in total. The van der Waals surface area contributed by atoms with Crippen LogP contribution in [0.3, 0.4) is 0 Å². The normalized spacial score (nSPS) is 20.4. The van der Waals surface area contributed by atoms with Crippen molar-refractivity contribution in [3.8, 4) is 0 Å². The zero-order valence-corrected chi connectivity index (χ0v) is 25.9. The zero-order valence-electron chi connectivity index (χ0n) is 25.9. The molecule has 2 aliphatic rings. The van der Waals surface area contributed by atoms with Gasteiger partial charge in [-0.2, -0.15) is 13.2 Å². The zero-order chi connectivity index (χ0) is 34.4. The van der Waals surface area contributed by atoms with Gasteiger partial charge in [0.05, 0.1) is 11.6 Å². The van der Waals surface area contributed by atoms with Crippen LogP contribution in [0.1, 0.15) is 59.2 Å². The van der Waals surface area contributed by atoms with Gasteiger partial charge in [-0.3, -0.25) is 29.0 Å². The Kier molecular flexibility index (Phi) is 11.4. The van der Waals surface area contributed by atoms with Crippen molar-refractivity contribution in [3.05, 3.63) is 70.8 Å². The molecule has 15 heteroatoms. The van der Waals surface area contributed by atoms with Gasteiger partial charge in [0.15, 0.2) is 0 Å². The average molecular weight is 660 g/mol. The van der Waals surface area contributed by atoms with Crippen molar-refractivity contribution >= 4 is 29.4 Å². The number of hydrazine groups is 1. The molecule has 3 unspecified atom stereocenters. The molecule has 2 fully saturated rings. The highest BCUT2D eigenvalue weighted by atomic mass is 19.4. The van der Waals surface area contributed by atoms with E-state index in [1.807, 2.05) is 0 Å². The quantitative estimate of drug-likeness (QED) is 0.145. The number of alkyl halides is 3. The van der Waals surface area contributed by atoms with Crippen molar-refractivity contribution in [2.45, 2.75) is 68.7 Å². The monoisotopic (exact) mass is 659 g/mol. The molecule has 12 nitrogen and oxygen atoms in total. The molecule has 0 radical (unpaired) electrons. The van der Waals surface area contributed by atoms with E-state index < -0.39 is 58.8 Å². The summed E-state index contributed by atoms with van der Waals surface area (Å²) < 4.78 is 39.0. The minimum atomic E-state index is -4.50. The fraction of sp³-hybridized carbons (Fsp3) is 0.469. The van der Waals surface area contributed by atoms with Crippen LogP contribution in [0.2, 0.25) is 0 Å². The Morgan fingerprint density at radius 3 is 2.26 bits per heavy atom. The summed E-state index contributed by atoms with van der Waals surface area (Å²) in [5, 5.41) is 8.24. The van der Waals surface area contributed by atoms with Crippen LogP contribution in [0.25, 0.3) is 0 Å². The second-order valence-corrected chi connectivity index (χ2v) is 12.0. The highest BCUT2D eigenvalue weighted by Gasteiger charge is 2.51. The average Bonchev–Trinajstić information content (AvgIpc) is 3.47. The third-order valence-corrected chi connectivity index (χ3v) is 8.56. The molecule has 0 spiro atoms. The molecule has 2 saturated heterocycles. The summed E-state index contributed by atoms with van der Waals surface area (Å²) in [5.41, 5.74) is 16.7. The van der Waals surface area contributed by atoms with Crippen LogP contribution in [0.5, 0.6) is 0 Å².